The van der Waals surface area contributed by atoms with Gasteiger partial charge in [0.25, 0.3) is 21.9 Å². The van der Waals surface area contributed by atoms with Crippen LogP contribution in [0.1, 0.15) is 18.9 Å². The van der Waals surface area contributed by atoms with E-state index in [4.69, 9.17) is 11.6 Å². The van der Waals surface area contributed by atoms with Crippen molar-refractivity contribution in [1.82, 2.24) is 9.19 Å². The minimum absolute atomic E-state index is 0.0532. The molecule has 2 aromatic carbocycles. The Labute approximate surface area is 180 Å². The molecular formula is C20H16ClF4N3O2S. The number of nitrogens with zero attached hydrogens (tertiary/aromatic N) is 3. The summed E-state index contributed by atoms with van der Waals surface area (Å²) < 4.78 is 81.4. The highest BCUT2D eigenvalue weighted by atomic mass is 35.5. The van der Waals surface area contributed by atoms with Crippen molar-refractivity contribution in [3.05, 3.63) is 53.1 Å². The van der Waals surface area contributed by atoms with Crippen LogP contribution in [0.5, 0.6) is 0 Å². The first-order chi connectivity index (χ1) is 14.4. The summed E-state index contributed by atoms with van der Waals surface area (Å²) >= 11 is 6.30. The molecule has 2 fully saturated rings. The van der Waals surface area contributed by atoms with Crippen LogP contribution in [0.2, 0.25) is 5.02 Å². The quantitative estimate of drug-likeness (QED) is 0.507. The maximum atomic E-state index is 13.6. The van der Waals surface area contributed by atoms with E-state index in [-0.39, 0.29) is 46.3 Å². The zero-order chi connectivity index (χ0) is 22.4. The molecule has 1 spiro atoms. The van der Waals surface area contributed by atoms with E-state index in [2.05, 4.69) is 5.10 Å². The standard InChI is InChI=1S/C20H16ClF4N3O2S/c1-18(22,23)12-5-7-13(8-6-12)31(29,30)28-15-4-2-3-14(21)16(15)17(26-28)27-10-19(11-27)9-20(19,24)25/h2-8H,9-11H2,1H3. The number of hydrogen-bond acceptors (Lipinski definition) is 4. The molecule has 0 bridgehead atoms. The predicted octanol–water partition coefficient (Wildman–Crippen LogP) is 4.88. The molecule has 1 aromatic heterocycles. The van der Waals surface area contributed by atoms with Crippen LogP contribution in [-0.2, 0) is 15.9 Å². The largest absolute Gasteiger partial charge is 0.353 e. The molecule has 1 aliphatic heterocycles. The maximum absolute atomic E-state index is 13.6. The number of hydrogen-bond donors (Lipinski definition) is 0. The molecule has 0 amide bonds. The molecule has 2 heterocycles. The summed E-state index contributed by atoms with van der Waals surface area (Å²) in [7, 11) is -4.25. The van der Waals surface area contributed by atoms with Gasteiger partial charge in [-0.15, -0.1) is 5.10 Å². The van der Waals surface area contributed by atoms with E-state index in [1.807, 2.05) is 0 Å². The Morgan fingerprint density at radius 1 is 1.10 bits per heavy atom. The Balaban J connectivity index is 1.58. The smallest absolute Gasteiger partial charge is 0.283 e. The Morgan fingerprint density at radius 2 is 1.71 bits per heavy atom. The SMILES string of the molecule is CC(F)(F)c1ccc(S(=O)(=O)n2nc(N3CC4(C3)CC4(F)F)c3c(Cl)cccc32)cc1. The van der Waals surface area contributed by atoms with Crippen molar-refractivity contribution in [2.45, 2.75) is 30.1 Å². The highest BCUT2D eigenvalue weighted by Crippen LogP contribution is 2.65. The lowest BCUT2D eigenvalue weighted by atomic mass is 9.95. The molecule has 5 rings (SSSR count). The predicted molar refractivity (Wildman–Crippen MR) is 108 cm³/mol. The average Bonchev–Trinajstić information content (AvgIpc) is 3.04. The number of aromatic nitrogens is 2. The second-order valence-electron chi connectivity index (χ2n) is 8.24. The number of benzene rings is 2. The van der Waals surface area contributed by atoms with Crippen LogP contribution in [0.3, 0.4) is 0 Å². The highest BCUT2D eigenvalue weighted by Gasteiger charge is 2.76. The summed E-state index contributed by atoms with van der Waals surface area (Å²) in [5.41, 5.74) is -1.22. The summed E-state index contributed by atoms with van der Waals surface area (Å²) in [6.45, 7) is 0.824. The van der Waals surface area contributed by atoms with Crippen molar-refractivity contribution in [3.63, 3.8) is 0 Å². The first-order valence-corrected chi connectivity index (χ1v) is 11.2. The van der Waals surface area contributed by atoms with Crippen molar-refractivity contribution in [2.24, 2.45) is 5.41 Å². The van der Waals surface area contributed by atoms with Gasteiger partial charge in [-0.3, -0.25) is 0 Å². The Kier molecular flexibility index (Phi) is 4.07. The molecule has 31 heavy (non-hydrogen) atoms. The van der Waals surface area contributed by atoms with Crippen LogP contribution in [0, 0.1) is 5.41 Å². The van der Waals surface area contributed by atoms with Gasteiger partial charge in [0.2, 0.25) is 0 Å². The number of anilines is 1. The van der Waals surface area contributed by atoms with E-state index in [0.29, 0.717) is 5.39 Å². The molecule has 5 nitrogen and oxygen atoms in total. The second-order valence-corrected chi connectivity index (χ2v) is 10.4. The first-order valence-electron chi connectivity index (χ1n) is 9.40. The van der Waals surface area contributed by atoms with Crippen LogP contribution < -0.4 is 4.90 Å². The van der Waals surface area contributed by atoms with Gasteiger partial charge in [-0.05, 0) is 24.3 Å². The number of rotatable bonds is 4. The van der Waals surface area contributed by atoms with Gasteiger partial charge < -0.3 is 4.90 Å². The van der Waals surface area contributed by atoms with Crippen molar-refractivity contribution in [1.29, 1.82) is 0 Å². The van der Waals surface area contributed by atoms with Crippen LogP contribution in [-0.4, -0.2) is 36.6 Å². The molecule has 1 aliphatic carbocycles. The van der Waals surface area contributed by atoms with Crippen LogP contribution in [0.25, 0.3) is 10.9 Å². The highest BCUT2D eigenvalue weighted by molar-refractivity contribution is 7.90. The number of halogens is 5. The number of fused-ring (bicyclic) bond motifs is 1. The minimum Gasteiger partial charge on any atom is -0.353 e. The van der Waals surface area contributed by atoms with Gasteiger partial charge in [-0.25, -0.2) is 17.6 Å². The lowest BCUT2D eigenvalue weighted by Crippen LogP contribution is -2.51. The van der Waals surface area contributed by atoms with Crippen molar-refractivity contribution in [3.8, 4) is 0 Å². The summed E-state index contributed by atoms with van der Waals surface area (Å²) in [6, 6.07) is 8.88. The first kappa shape index (κ1) is 20.6. The monoisotopic (exact) mass is 473 g/mol. The van der Waals surface area contributed by atoms with Crippen molar-refractivity contribution in [2.75, 3.05) is 18.0 Å². The fourth-order valence-corrected chi connectivity index (χ4v) is 5.60. The Morgan fingerprint density at radius 3 is 2.26 bits per heavy atom. The molecule has 3 aromatic rings. The molecular weight excluding hydrogens is 458 g/mol. The number of alkyl halides is 4. The van der Waals surface area contributed by atoms with Crippen molar-refractivity contribution < 1.29 is 26.0 Å². The van der Waals surface area contributed by atoms with Crippen molar-refractivity contribution >= 4 is 38.3 Å². The summed E-state index contributed by atoms with van der Waals surface area (Å²) in [6.07, 6.45) is -0.199. The molecule has 11 heteroatoms. The van der Waals surface area contributed by atoms with E-state index in [9.17, 15) is 26.0 Å². The summed E-state index contributed by atoms with van der Waals surface area (Å²) in [5.74, 6) is -5.63. The zero-order valence-electron chi connectivity index (χ0n) is 16.1. The topological polar surface area (TPSA) is 55.2 Å². The van der Waals surface area contributed by atoms with Gasteiger partial charge in [-0.2, -0.15) is 12.5 Å². The molecule has 2 aliphatic rings. The van der Waals surface area contributed by atoms with Gasteiger partial charge in [0.15, 0.2) is 5.82 Å². The molecule has 0 radical (unpaired) electrons. The maximum Gasteiger partial charge on any atom is 0.283 e. The molecule has 1 saturated heterocycles. The molecule has 0 atom stereocenters. The van der Waals surface area contributed by atoms with E-state index in [0.717, 1.165) is 35.3 Å². The molecule has 1 saturated carbocycles. The van der Waals surface area contributed by atoms with Gasteiger partial charge in [0.05, 0.1) is 26.2 Å². The van der Waals surface area contributed by atoms with Crippen LogP contribution >= 0.6 is 11.6 Å². The zero-order valence-corrected chi connectivity index (χ0v) is 17.7. The lowest BCUT2D eigenvalue weighted by molar-refractivity contribution is 0.0174. The summed E-state index contributed by atoms with van der Waals surface area (Å²) in [4.78, 5) is 1.35. The molecule has 164 valence electrons. The van der Waals surface area contributed by atoms with Crippen LogP contribution in [0.15, 0.2) is 47.4 Å². The normalized spacial score (nSPS) is 19.6. The average molecular weight is 474 g/mol. The van der Waals surface area contributed by atoms with E-state index >= 15 is 0 Å². The fraction of sp³-hybridized carbons (Fsp3) is 0.350. The third kappa shape index (κ3) is 2.95. The summed E-state index contributed by atoms with van der Waals surface area (Å²) in [5, 5.41) is 4.78. The van der Waals surface area contributed by atoms with E-state index in [1.165, 1.54) is 6.07 Å². The van der Waals surface area contributed by atoms with Gasteiger partial charge >= 0.3 is 0 Å². The lowest BCUT2D eigenvalue weighted by Gasteiger charge is -2.40. The third-order valence-corrected chi connectivity index (χ3v) is 7.91. The van der Waals surface area contributed by atoms with Gasteiger partial charge in [0, 0.05) is 32.0 Å². The fourth-order valence-electron chi connectivity index (χ4n) is 4.07. The third-order valence-electron chi connectivity index (χ3n) is 5.99. The Hall–Kier alpha value is -2.33. The van der Waals surface area contributed by atoms with E-state index in [1.54, 1.807) is 17.0 Å². The minimum atomic E-state index is -4.25. The van der Waals surface area contributed by atoms with Crippen LogP contribution in [0.4, 0.5) is 23.4 Å². The second kappa shape index (κ2) is 6.13. The van der Waals surface area contributed by atoms with Gasteiger partial charge in [-0.1, -0.05) is 29.8 Å². The Bertz CT molecular complexity index is 1310. The molecule has 0 N–H and O–H groups in total. The molecule has 0 unspecified atom stereocenters. The van der Waals surface area contributed by atoms with Gasteiger partial charge in [0.1, 0.15) is 0 Å². The van der Waals surface area contributed by atoms with E-state index < -0.39 is 27.3 Å².